The molecule has 2 rings (SSSR count). The maximum absolute atomic E-state index is 12.9. The van der Waals surface area contributed by atoms with Gasteiger partial charge in [-0.25, -0.2) is 0 Å². The molecule has 0 aromatic heterocycles. The lowest BCUT2D eigenvalue weighted by molar-refractivity contribution is -0.143. The van der Waals surface area contributed by atoms with Gasteiger partial charge in [-0.2, -0.15) is 0 Å². The van der Waals surface area contributed by atoms with E-state index in [1.807, 2.05) is 13.8 Å². The lowest BCUT2D eigenvalue weighted by Crippen LogP contribution is -2.56. The van der Waals surface area contributed by atoms with Gasteiger partial charge in [0.15, 0.2) is 11.4 Å². The van der Waals surface area contributed by atoms with Gasteiger partial charge in [0.05, 0.1) is 12.8 Å². The molecule has 6 nitrogen and oxygen atoms in total. The molecule has 0 fully saturated rings. The van der Waals surface area contributed by atoms with E-state index in [-0.39, 0.29) is 18.2 Å². The molecule has 0 N–H and O–H groups in total. The van der Waals surface area contributed by atoms with Crippen LogP contribution in [-0.4, -0.2) is 36.9 Å². The highest BCUT2D eigenvalue weighted by atomic mass is 16.5. The molecule has 1 heterocycles. The number of esters is 1. The fraction of sp³-hybridized carbons (Fsp3) is 0.471. The lowest BCUT2D eigenvalue weighted by atomic mass is 9.92. The number of anilines is 1. The van der Waals surface area contributed by atoms with Gasteiger partial charge < -0.3 is 9.47 Å². The molecule has 0 bridgehead atoms. The Balaban J connectivity index is 2.57. The Bertz CT molecular complexity index is 648. The van der Waals surface area contributed by atoms with Crippen molar-refractivity contribution >= 4 is 23.3 Å². The third-order valence-electron chi connectivity index (χ3n) is 4.25. The molecule has 6 heteroatoms. The van der Waals surface area contributed by atoms with Gasteiger partial charge in [0.1, 0.15) is 12.3 Å². The summed E-state index contributed by atoms with van der Waals surface area (Å²) in [5, 5.41) is 0. The summed E-state index contributed by atoms with van der Waals surface area (Å²) < 4.78 is 10.6. The highest BCUT2D eigenvalue weighted by Crippen LogP contribution is 2.41. The van der Waals surface area contributed by atoms with Gasteiger partial charge in [0.2, 0.25) is 0 Å². The van der Waals surface area contributed by atoms with Crippen molar-refractivity contribution in [2.45, 2.75) is 39.2 Å². The van der Waals surface area contributed by atoms with E-state index >= 15 is 0 Å². The van der Waals surface area contributed by atoms with Crippen molar-refractivity contribution in [2.24, 2.45) is 0 Å². The molecule has 23 heavy (non-hydrogen) atoms. The van der Waals surface area contributed by atoms with E-state index < -0.39 is 11.6 Å². The van der Waals surface area contributed by atoms with E-state index in [0.29, 0.717) is 29.8 Å². The minimum atomic E-state index is -1.00. The van der Waals surface area contributed by atoms with E-state index in [0.717, 1.165) is 0 Å². The molecular weight excluding hydrogens is 298 g/mol. The number of benzene rings is 1. The van der Waals surface area contributed by atoms with E-state index in [2.05, 4.69) is 4.74 Å². The number of carbonyl (C=O) groups is 3. The smallest absolute Gasteiger partial charge is 0.325 e. The lowest BCUT2D eigenvalue weighted by Gasteiger charge is -2.41. The third kappa shape index (κ3) is 2.93. The molecule has 0 spiro atoms. The third-order valence-corrected chi connectivity index (χ3v) is 4.25. The number of amides is 1. The molecule has 124 valence electrons. The van der Waals surface area contributed by atoms with Crippen LogP contribution >= 0.6 is 0 Å². The van der Waals surface area contributed by atoms with Crippen molar-refractivity contribution in [3.8, 4) is 5.75 Å². The summed E-state index contributed by atoms with van der Waals surface area (Å²) in [4.78, 5) is 37.6. The minimum Gasteiger partial charge on any atom is -0.475 e. The van der Waals surface area contributed by atoms with Gasteiger partial charge in [0.25, 0.3) is 5.91 Å². The molecule has 0 radical (unpaired) electrons. The first-order valence-electron chi connectivity index (χ1n) is 7.61. The normalized spacial score (nSPS) is 15.7. The van der Waals surface area contributed by atoms with E-state index in [9.17, 15) is 14.4 Å². The van der Waals surface area contributed by atoms with Crippen LogP contribution in [0.25, 0.3) is 0 Å². The molecule has 1 aromatic carbocycles. The van der Waals surface area contributed by atoms with Gasteiger partial charge in [-0.05, 0) is 38.0 Å². The van der Waals surface area contributed by atoms with Crippen molar-refractivity contribution in [1.82, 2.24) is 0 Å². The van der Waals surface area contributed by atoms with Crippen LogP contribution < -0.4 is 9.64 Å². The number of rotatable bonds is 5. The average molecular weight is 319 g/mol. The van der Waals surface area contributed by atoms with E-state index in [4.69, 9.17) is 4.74 Å². The molecule has 1 aliphatic heterocycles. The van der Waals surface area contributed by atoms with Crippen molar-refractivity contribution < 1.29 is 23.9 Å². The van der Waals surface area contributed by atoms with Gasteiger partial charge >= 0.3 is 5.97 Å². The number of hydrogen-bond donors (Lipinski definition) is 0. The quantitative estimate of drug-likeness (QED) is 0.615. The molecule has 1 amide bonds. The fourth-order valence-electron chi connectivity index (χ4n) is 2.69. The summed E-state index contributed by atoms with van der Waals surface area (Å²) in [6.07, 6.45) is 0.960. The van der Waals surface area contributed by atoms with Crippen LogP contribution in [0.1, 0.15) is 44.0 Å². The Kier molecular flexibility index (Phi) is 4.73. The van der Waals surface area contributed by atoms with Crippen LogP contribution in [0.3, 0.4) is 0 Å². The Hall–Kier alpha value is -2.37. The number of ketones is 1. The first-order chi connectivity index (χ1) is 10.9. The van der Waals surface area contributed by atoms with E-state index in [1.54, 1.807) is 18.2 Å². The van der Waals surface area contributed by atoms with Gasteiger partial charge in [-0.1, -0.05) is 13.8 Å². The van der Waals surface area contributed by atoms with Crippen molar-refractivity contribution in [3.05, 3.63) is 23.8 Å². The van der Waals surface area contributed by atoms with Crippen LogP contribution in [0.5, 0.6) is 5.75 Å². The summed E-state index contributed by atoms with van der Waals surface area (Å²) >= 11 is 0. The Labute approximate surface area is 135 Å². The Morgan fingerprint density at radius 3 is 2.43 bits per heavy atom. The zero-order valence-corrected chi connectivity index (χ0v) is 13.8. The molecule has 0 unspecified atom stereocenters. The first-order valence-corrected chi connectivity index (χ1v) is 7.61. The number of fused-ring (bicyclic) bond motifs is 1. The monoisotopic (exact) mass is 319 g/mol. The summed E-state index contributed by atoms with van der Waals surface area (Å²) in [5.41, 5.74) is -0.125. The molecule has 0 aliphatic carbocycles. The largest absolute Gasteiger partial charge is 0.475 e. The van der Waals surface area contributed by atoms with Crippen LogP contribution in [0, 0.1) is 0 Å². The predicted molar refractivity (Wildman–Crippen MR) is 84.8 cm³/mol. The molecule has 1 aliphatic rings. The topological polar surface area (TPSA) is 72.9 Å². The summed E-state index contributed by atoms with van der Waals surface area (Å²) in [6.45, 7) is 4.97. The number of carbonyl (C=O) groups excluding carboxylic acids is 3. The van der Waals surface area contributed by atoms with E-state index in [1.165, 1.54) is 18.9 Å². The van der Waals surface area contributed by atoms with Crippen molar-refractivity contribution in [1.29, 1.82) is 0 Å². The van der Waals surface area contributed by atoms with Crippen molar-refractivity contribution in [2.75, 3.05) is 18.6 Å². The number of nitrogens with zero attached hydrogens (tertiary/aromatic N) is 1. The number of hydrogen-bond acceptors (Lipinski definition) is 5. The summed E-state index contributed by atoms with van der Waals surface area (Å²) in [7, 11) is 1.27. The average Bonchev–Trinajstić information content (AvgIpc) is 2.56. The van der Waals surface area contributed by atoms with Gasteiger partial charge in [-0.15, -0.1) is 0 Å². The zero-order chi connectivity index (χ0) is 17.2. The minimum absolute atomic E-state index is 0.124. The number of methoxy groups -OCH3 is 1. The maximum atomic E-state index is 12.9. The zero-order valence-electron chi connectivity index (χ0n) is 13.8. The first kappa shape index (κ1) is 17.0. The van der Waals surface area contributed by atoms with Crippen LogP contribution in [0.15, 0.2) is 18.2 Å². The molecule has 0 atom stereocenters. The standard InChI is InChI=1S/C17H21NO5/c1-5-17(6-2)16(21)18(10-15(20)22-4)13-9-12(11(3)19)7-8-14(13)23-17/h7-9H,5-6,10H2,1-4H3. The van der Waals surface area contributed by atoms with Crippen molar-refractivity contribution in [3.63, 3.8) is 0 Å². The van der Waals surface area contributed by atoms with Gasteiger partial charge in [0, 0.05) is 5.56 Å². The maximum Gasteiger partial charge on any atom is 0.325 e. The number of ether oxygens (including phenoxy) is 2. The molecule has 0 saturated carbocycles. The highest BCUT2D eigenvalue weighted by Gasteiger charge is 2.46. The highest BCUT2D eigenvalue weighted by molar-refractivity contribution is 6.07. The second-order valence-electron chi connectivity index (χ2n) is 5.51. The second kappa shape index (κ2) is 6.40. The van der Waals surface area contributed by atoms with Gasteiger partial charge in [-0.3, -0.25) is 19.3 Å². The number of Topliss-reactive ketones (excluding diaryl/α,β-unsaturated/α-hetero) is 1. The SMILES string of the molecule is CCC1(CC)Oc2ccc(C(C)=O)cc2N(CC(=O)OC)C1=O. The van der Waals surface area contributed by atoms with Crippen LogP contribution in [0.2, 0.25) is 0 Å². The Morgan fingerprint density at radius 2 is 1.91 bits per heavy atom. The second-order valence-corrected chi connectivity index (χ2v) is 5.51. The fourth-order valence-corrected chi connectivity index (χ4v) is 2.69. The molecule has 1 aromatic rings. The molecule has 0 saturated heterocycles. The Morgan fingerprint density at radius 1 is 1.26 bits per heavy atom. The van der Waals surface area contributed by atoms with Crippen LogP contribution in [-0.2, 0) is 14.3 Å². The summed E-state index contributed by atoms with van der Waals surface area (Å²) in [5.74, 6) is -0.454. The molecular formula is C17H21NO5. The van der Waals surface area contributed by atoms with Crippen LogP contribution in [0.4, 0.5) is 5.69 Å². The summed E-state index contributed by atoms with van der Waals surface area (Å²) in [6, 6.07) is 4.90. The predicted octanol–water partition coefficient (Wildman–Crippen LogP) is 2.35.